The van der Waals surface area contributed by atoms with Crippen LogP contribution in [0.5, 0.6) is 0 Å². The minimum atomic E-state index is -0.187. The zero-order chi connectivity index (χ0) is 14.1. The number of rotatable bonds is 2. The van der Waals surface area contributed by atoms with Crippen LogP contribution in [0.3, 0.4) is 0 Å². The minimum Gasteiger partial charge on any atom is -0.438 e. The summed E-state index contributed by atoms with van der Waals surface area (Å²) in [5.41, 5.74) is 0.581. The lowest BCUT2D eigenvalue weighted by atomic mass is 9.95. The van der Waals surface area contributed by atoms with Crippen molar-refractivity contribution in [1.82, 2.24) is 9.88 Å². The van der Waals surface area contributed by atoms with Crippen molar-refractivity contribution in [1.29, 1.82) is 0 Å². The molecule has 108 valence electrons. The van der Waals surface area contributed by atoms with E-state index >= 15 is 0 Å². The van der Waals surface area contributed by atoms with E-state index in [1.165, 1.54) is 6.39 Å². The maximum atomic E-state index is 12.6. The number of carbonyl (C=O) groups is 2. The van der Waals surface area contributed by atoms with Crippen LogP contribution in [0.15, 0.2) is 10.8 Å². The van der Waals surface area contributed by atoms with Crippen molar-refractivity contribution in [2.75, 3.05) is 19.8 Å². The normalized spacial score (nSPS) is 27.1. The molecule has 3 rings (SSSR count). The molecule has 20 heavy (non-hydrogen) atoms. The van der Waals surface area contributed by atoms with Crippen LogP contribution in [0.1, 0.15) is 35.5 Å². The van der Waals surface area contributed by atoms with Gasteiger partial charge in [-0.25, -0.2) is 4.98 Å². The van der Waals surface area contributed by atoms with Crippen molar-refractivity contribution >= 4 is 11.7 Å². The Morgan fingerprint density at radius 2 is 2.35 bits per heavy atom. The number of nitrogens with zero attached hydrogens (tertiary/aromatic N) is 2. The topological polar surface area (TPSA) is 72.6 Å². The van der Waals surface area contributed by atoms with E-state index in [2.05, 4.69) is 4.98 Å². The summed E-state index contributed by atoms with van der Waals surface area (Å²) in [6, 6.07) is -0.171. The van der Waals surface area contributed by atoms with Crippen LogP contribution in [-0.2, 0) is 9.53 Å². The molecule has 6 nitrogen and oxygen atoms in total. The summed E-state index contributed by atoms with van der Waals surface area (Å²) in [5.74, 6) is 0.227. The van der Waals surface area contributed by atoms with Crippen LogP contribution in [0.4, 0.5) is 0 Å². The molecule has 1 amide bonds. The lowest BCUT2D eigenvalue weighted by Gasteiger charge is -2.38. The predicted molar refractivity (Wildman–Crippen MR) is 69.2 cm³/mol. The van der Waals surface area contributed by atoms with E-state index in [0.717, 1.165) is 12.8 Å². The Morgan fingerprint density at radius 1 is 1.50 bits per heavy atom. The van der Waals surface area contributed by atoms with E-state index in [-0.39, 0.29) is 29.4 Å². The highest BCUT2D eigenvalue weighted by Gasteiger charge is 2.40. The number of aromatic nitrogens is 1. The average molecular weight is 278 g/mol. The lowest BCUT2D eigenvalue weighted by molar-refractivity contribution is -0.124. The number of carbonyl (C=O) groups excluding carboxylic acids is 2. The molecular weight excluding hydrogens is 260 g/mol. The largest absolute Gasteiger partial charge is 0.438 e. The smallest absolute Gasteiger partial charge is 0.291 e. The molecule has 6 heteroatoms. The van der Waals surface area contributed by atoms with E-state index in [4.69, 9.17) is 9.15 Å². The van der Waals surface area contributed by atoms with E-state index in [1.54, 1.807) is 11.8 Å². The standard InChI is InChI=1S/C14H18N2O4/c1-9-13(20-8-15-9)14(18)16-5-6-19-7-11(16)10-3-2-4-12(10)17/h8,10-11H,2-7H2,1H3. The summed E-state index contributed by atoms with van der Waals surface area (Å²) >= 11 is 0. The number of amides is 1. The Kier molecular flexibility index (Phi) is 3.56. The third-order valence-corrected chi connectivity index (χ3v) is 4.18. The molecule has 2 heterocycles. The van der Waals surface area contributed by atoms with Gasteiger partial charge in [0.1, 0.15) is 5.78 Å². The van der Waals surface area contributed by atoms with Gasteiger partial charge in [-0.3, -0.25) is 9.59 Å². The van der Waals surface area contributed by atoms with Gasteiger partial charge in [0.05, 0.1) is 24.9 Å². The van der Waals surface area contributed by atoms with Crippen molar-refractivity contribution in [3.8, 4) is 0 Å². The van der Waals surface area contributed by atoms with Crippen molar-refractivity contribution in [2.24, 2.45) is 5.92 Å². The quantitative estimate of drug-likeness (QED) is 0.812. The minimum absolute atomic E-state index is 0.0949. The molecule has 1 aromatic heterocycles. The third kappa shape index (κ3) is 2.24. The molecule has 0 aromatic carbocycles. The number of hydrogen-bond donors (Lipinski definition) is 0. The molecule has 0 radical (unpaired) electrons. The van der Waals surface area contributed by atoms with E-state index < -0.39 is 0 Å². The molecule has 1 saturated carbocycles. The molecule has 1 saturated heterocycles. The predicted octanol–water partition coefficient (Wildman–Crippen LogP) is 1.19. The Bertz CT molecular complexity index is 525. The number of hydrogen-bond acceptors (Lipinski definition) is 5. The van der Waals surface area contributed by atoms with Gasteiger partial charge in [0.15, 0.2) is 6.39 Å². The van der Waals surface area contributed by atoms with Crippen molar-refractivity contribution in [3.63, 3.8) is 0 Å². The summed E-state index contributed by atoms with van der Waals surface area (Å²) in [6.07, 6.45) is 3.64. The first-order valence-electron chi connectivity index (χ1n) is 7.00. The van der Waals surface area contributed by atoms with Crippen LogP contribution in [0, 0.1) is 12.8 Å². The van der Waals surface area contributed by atoms with E-state index in [1.807, 2.05) is 0 Å². The molecule has 0 N–H and O–H groups in total. The molecule has 1 aliphatic carbocycles. The average Bonchev–Trinajstić information content (AvgIpc) is 3.06. The van der Waals surface area contributed by atoms with E-state index in [9.17, 15) is 9.59 Å². The van der Waals surface area contributed by atoms with Crippen molar-refractivity contribution < 1.29 is 18.7 Å². The molecule has 2 fully saturated rings. The maximum Gasteiger partial charge on any atom is 0.291 e. The van der Waals surface area contributed by atoms with Gasteiger partial charge in [0, 0.05) is 18.9 Å². The summed E-state index contributed by atoms with van der Waals surface area (Å²) in [6.45, 7) is 3.16. The summed E-state index contributed by atoms with van der Waals surface area (Å²) in [7, 11) is 0. The van der Waals surface area contributed by atoms with Crippen molar-refractivity contribution in [2.45, 2.75) is 32.2 Å². The third-order valence-electron chi connectivity index (χ3n) is 4.18. The van der Waals surface area contributed by atoms with Gasteiger partial charge in [-0.05, 0) is 19.8 Å². The van der Waals surface area contributed by atoms with Crippen LogP contribution >= 0.6 is 0 Å². The molecule has 1 aliphatic heterocycles. The zero-order valence-electron chi connectivity index (χ0n) is 11.5. The molecule has 2 atom stereocenters. The van der Waals surface area contributed by atoms with Crippen LogP contribution in [0.25, 0.3) is 0 Å². The number of ketones is 1. The molecule has 2 aliphatic rings. The highest BCUT2D eigenvalue weighted by Crippen LogP contribution is 2.30. The van der Waals surface area contributed by atoms with Crippen LogP contribution < -0.4 is 0 Å². The fourth-order valence-corrected chi connectivity index (χ4v) is 3.10. The van der Waals surface area contributed by atoms with Crippen LogP contribution in [0.2, 0.25) is 0 Å². The molecular formula is C14H18N2O4. The van der Waals surface area contributed by atoms with Crippen LogP contribution in [-0.4, -0.2) is 47.4 Å². The fraction of sp³-hybridized carbons (Fsp3) is 0.643. The number of morpholine rings is 1. The van der Waals surface area contributed by atoms with Gasteiger partial charge in [-0.2, -0.15) is 0 Å². The monoisotopic (exact) mass is 278 g/mol. The second kappa shape index (κ2) is 5.36. The zero-order valence-corrected chi connectivity index (χ0v) is 11.5. The Hall–Kier alpha value is -1.69. The number of aryl methyl sites for hydroxylation is 1. The molecule has 0 bridgehead atoms. The van der Waals surface area contributed by atoms with Gasteiger partial charge >= 0.3 is 0 Å². The van der Waals surface area contributed by atoms with E-state index in [0.29, 0.717) is 31.9 Å². The Labute approximate surface area is 117 Å². The van der Waals surface area contributed by atoms with Gasteiger partial charge < -0.3 is 14.1 Å². The summed E-state index contributed by atoms with van der Waals surface area (Å²) in [4.78, 5) is 30.2. The SMILES string of the molecule is Cc1ncoc1C(=O)N1CCOCC1C1CCCC1=O. The van der Waals surface area contributed by atoms with Gasteiger partial charge in [-0.15, -0.1) is 0 Å². The highest BCUT2D eigenvalue weighted by molar-refractivity contribution is 5.93. The number of ether oxygens (including phenoxy) is 1. The van der Waals surface area contributed by atoms with Crippen molar-refractivity contribution in [3.05, 3.63) is 17.8 Å². The first-order valence-corrected chi connectivity index (χ1v) is 7.00. The molecule has 0 spiro atoms. The maximum absolute atomic E-state index is 12.6. The molecule has 2 unspecified atom stereocenters. The van der Waals surface area contributed by atoms with Gasteiger partial charge in [0.25, 0.3) is 5.91 Å². The number of Topliss-reactive ketones (excluding diaryl/α,β-unsaturated/α-hetero) is 1. The first-order chi connectivity index (χ1) is 9.68. The van der Waals surface area contributed by atoms with Gasteiger partial charge in [0.2, 0.25) is 5.76 Å². The Morgan fingerprint density at radius 3 is 3.00 bits per heavy atom. The Balaban J connectivity index is 1.84. The summed E-state index contributed by atoms with van der Waals surface area (Å²) in [5, 5.41) is 0. The lowest BCUT2D eigenvalue weighted by Crippen LogP contribution is -2.53. The highest BCUT2D eigenvalue weighted by atomic mass is 16.5. The number of oxazole rings is 1. The first kappa shape index (κ1) is 13.3. The second-order valence-electron chi connectivity index (χ2n) is 5.37. The van der Waals surface area contributed by atoms with Gasteiger partial charge in [-0.1, -0.05) is 0 Å². The summed E-state index contributed by atoms with van der Waals surface area (Å²) < 4.78 is 10.7. The second-order valence-corrected chi connectivity index (χ2v) is 5.37. The fourth-order valence-electron chi connectivity index (χ4n) is 3.10. The molecule has 1 aromatic rings.